The zero-order valence-electron chi connectivity index (χ0n) is 14.4. The van der Waals surface area contributed by atoms with Gasteiger partial charge in [-0.1, -0.05) is 0 Å². The van der Waals surface area contributed by atoms with E-state index in [1.165, 1.54) is 0 Å². The van der Waals surface area contributed by atoms with E-state index in [9.17, 15) is 14.4 Å². The van der Waals surface area contributed by atoms with Gasteiger partial charge in [-0.05, 0) is 44.0 Å². The van der Waals surface area contributed by atoms with Crippen LogP contribution in [0.5, 0.6) is 0 Å². The Kier molecular flexibility index (Phi) is 3.99. The van der Waals surface area contributed by atoms with Gasteiger partial charge in [-0.2, -0.15) is 0 Å². The quantitative estimate of drug-likeness (QED) is 0.753. The molecule has 0 aliphatic heterocycles. The first-order chi connectivity index (χ1) is 12.6. The molecular formula is C19H19N3O4. The van der Waals surface area contributed by atoms with Gasteiger partial charge in [0.25, 0.3) is 11.5 Å². The van der Waals surface area contributed by atoms with Crippen LogP contribution in [0.15, 0.2) is 44.5 Å². The Labute approximate surface area is 148 Å². The Bertz CT molecular complexity index is 1110. The summed E-state index contributed by atoms with van der Waals surface area (Å²) in [5.74, 6) is 0.677. The maximum absolute atomic E-state index is 12.7. The van der Waals surface area contributed by atoms with Crippen molar-refractivity contribution in [3.05, 3.63) is 68.3 Å². The van der Waals surface area contributed by atoms with Gasteiger partial charge in [0.2, 0.25) is 0 Å². The van der Waals surface area contributed by atoms with Gasteiger partial charge in [0.1, 0.15) is 5.76 Å². The number of nitrogens with one attached hydrogen (secondary N) is 2. The second-order valence-electron chi connectivity index (χ2n) is 6.46. The van der Waals surface area contributed by atoms with Crippen LogP contribution >= 0.6 is 0 Å². The molecule has 0 fully saturated rings. The predicted octanol–water partition coefficient (Wildman–Crippen LogP) is 2.11. The lowest BCUT2D eigenvalue weighted by Crippen LogP contribution is -2.34. The van der Waals surface area contributed by atoms with Crippen LogP contribution in [0.25, 0.3) is 10.9 Å². The first kappa shape index (κ1) is 16.4. The number of amides is 1. The first-order valence-electron chi connectivity index (χ1n) is 8.72. The highest BCUT2D eigenvalue weighted by atomic mass is 16.3. The number of benzene rings is 1. The van der Waals surface area contributed by atoms with Gasteiger partial charge in [-0.25, -0.2) is 4.79 Å². The fourth-order valence-corrected chi connectivity index (χ4v) is 3.56. The summed E-state index contributed by atoms with van der Waals surface area (Å²) in [6.07, 6.45) is 4.33. The number of aromatic nitrogens is 2. The molecule has 2 N–H and O–H groups in total. The Hall–Kier alpha value is -3.09. The number of hydrogen-bond donors (Lipinski definition) is 2. The minimum atomic E-state index is -0.474. The lowest BCUT2D eigenvalue weighted by molar-refractivity contribution is 0.0932. The molecule has 3 aromatic rings. The number of carbonyl (C=O) groups excluding carboxylic acids is 1. The Morgan fingerprint density at radius 3 is 3.00 bits per heavy atom. The molecule has 0 spiro atoms. The van der Waals surface area contributed by atoms with Crippen molar-refractivity contribution in [3.63, 3.8) is 0 Å². The number of H-pyrrole nitrogens is 1. The summed E-state index contributed by atoms with van der Waals surface area (Å²) in [5, 5.41) is 3.41. The fourth-order valence-electron chi connectivity index (χ4n) is 3.56. The summed E-state index contributed by atoms with van der Waals surface area (Å²) in [6.45, 7) is 2.03. The highest BCUT2D eigenvalue weighted by Gasteiger charge is 2.24. The molecule has 2 aromatic heterocycles. The average molecular weight is 353 g/mol. The van der Waals surface area contributed by atoms with Crippen molar-refractivity contribution in [2.75, 3.05) is 0 Å². The van der Waals surface area contributed by atoms with E-state index in [1.54, 1.807) is 31.4 Å². The Morgan fingerprint density at radius 2 is 2.19 bits per heavy atom. The number of aryl methyl sites for hydroxylation is 1. The van der Waals surface area contributed by atoms with Crippen LogP contribution < -0.4 is 16.6 Å². The highest BCUT2D eigenvalue weighted by molar-refractivity contribution is 5.97. The van der Waals surface area contributed by atoms with Crippen molar-refractivity contribution in [2.45, 2.75) is 38.8 Å². The fraction of sp³-hybridized carbons (Fsp3) is 0.316. The lowest BCUT2D eigenvalue weighted by atomic mass is 9.93. The van der Waals surface area contributed by atoms with E-state index in [0.717, 1.165) is 35.2 Å². The third-order valence-electron chi connectivity index (χ3n) is 4.92. The van der Waals surface area contributed by atoms with Crippen LogP contribution in [0.1, 0.15) is 47.5 Å². The zero-order chi connectivity index (χ0) is 18.3. The number of fused-ring (bicyclic) bond motifs is 2. The molecule has 4 rings (SSSR count). The third-order valence-corrected chi connectivity index (χ3v) is 4.92. The molecule has 1 amide bonds. The van der Waals surface area contributed by atoms with E-state index in [-0.39, 0.29) is 17.5 Å². The van der Waals surface area contributed by atoms with Gasteiger partial charge < -0.3 is 14.7 Å². The first-order valence-corrected chi connectivity index (χ1v) is 8.72. The summed E-state index contributed by atoms with van der Waals surface area (Å²) >= 11 is 0. The van der Waals surface area contributed by atoms with Gasteiger partial charge in [0.15, 0.2) is 0 Å². The third kappa shape index (κ3) is 2.65. The van der Waals surface area contributed by atoms with Crippen LogP contribution in [0, 0.1) is 0 Å². The molecule has 7 heteroatoms. The van der Waals surface area contributed by atoms with Gasteiger partial charge in [0, 0.05) is 24.1 Å². The molecule has 134 valence electrons. The van der Waals surface area contributed by atoms with Crippen molar-refractivity contribution >= 4 is 16.8 Å². The summed E-state index contributed by atoms with van der Waals surface area (Å²) in [4.78, 5) is 39.6. The van der Waals surface area contributed by atoms with E-state index in [4.69, 9.17) is 4.42 Å². The molecule has 1 aliphatic carbocycles. The SMILES string of the molecule is CCn1c(=O)[nH]c2cc(C(=O)NC3CCCc4occc43)ccc2c1=O. The summed E-state index contributed by atoms with van der Waals surface area (Å²) in [7, 11) is 0. The Balaban J connectivity index is 1.66. The molecule has 1 aliphatic rings. The van der Waals surface area contributed by atoms with Crippen molar-refractivity contribution in [2.24, 2.45) is 0 Å². The number of rotatable bonds is 3. The number of hydrogen-bond acceptors (Lipinski definition) is 4. The zero-order valence-corrected chi connectivity index (χ0v) is 14.4. The minimum Gasteiger partial charge on any atom is -0.469 e. The van der Waals surface area contributed by atoms with E-state index in [1.807, 2.05) is 6.07 Å². The molecule has 1 unspecified atom stereocenters. The van der Waals surface area contributed by atoms with Crippen molar-refractivity contribution in [1.29, 1.82) is 0 Å². The van der Waals surface area contributed by atoms with Gasteiger partial charge in [-0.15, -0.1) is 0 Å². The normalized spacial score (nSPS) is 16.4. The smallest absolute Gasteiger partial charge is 0.328 e. The minimum absolute atomic E-state index is 0.0900. The van der Waals surface area contributed by atoms with Crippen LogP contribution in [0.3, 0.4) is 0 Å². The monoisotopic (exact) mass is 353 g/mol. The largest absolute Gasteiger partial charge is 0.469 e. The van der Waals surface area contributed by atoms with E-state index < -0.39 is 5.69 Å². The molecule has 26 heavy (non-hydrogen) atoms. The number of nitrogens with zero attached hydrogens (tertiary/aromatic N) is 1. The van der Waals surface area contributed by atoms with Crippen molar-refractivity contribution < 1.29 is 9.21 Å². The second-order valence-corrected chi connectivity index (χ2v) is 6.46. The van der Waals surface area contributed by atoms with Crippen molar-refractivity contribution in [3.8, 4) is 0 Å². The summed E-state index contributed by atoms with van der Waals surface area (Å²) < 4.78 is 6.58. The topological polar surface area (TPSA) is 97.1 Å². The standard InChI is InChI=1S/C19H19N3O4/c1-2-22-18(24)13-7-6-11(10-15(13)21-19(22)25)17(23)20-14-4-3-5-16-12(14)8-9-26-16/h6-10,14H,2-5H2,1H3,(H,20,23)(H,21,25). The van der Waals surface area contributed by atoms with Gasteiger partial charge in [-0.3, -0.25) is 14.2 Å². The molecule has 1 atom stereocenters. The van der Waals surface area contributed by atoms with E-state index in [0.29, 0.717) is 23.0 Å². The molecular weight excluding hydrogens is 334 g/mol. The predicted molar refractivity (Wildman–Crippen MR) is 96.4 cm³/mol. The molecule has 7 nitrogen and oxygen atoms in total. The molecule has 0 saturated carbocycles. The summed E-state index contributed by atoms with van der Waals surface area (Å²) in [6, 6.07) is 6.54. The second kappa shape index (κ2) is 6.33. The van der Waals surface area contributed by atoms with Crippen molar-refractivity contribution in [1.82, 2.24) is 14.9 Å². The van der Waals surface area contributed by atoms with Crippen LogP contribution in [-0.4, -0.2) is 15.5 Å². The van der Waals surface area contributed by atoms with E-state index >= 15 is 0 Å². The Morgan fingerprint density at radius 1 is 1.35 bits per heavy atom. The number of carbonyl (C=O) groups is 1. The molecule has 0 saturated heterocycles. The van der Waals surface area contributed by atoms with Gasteiger partial charge >= 0.3 is 5.69 Å². The molecule has 0 radical (unpaired) electrons. The van der Waals surface area contributed by atoms with Crippen LogP contribution in [-0.2, 0) is 13.0 Å². The number of aromatic amines is 1. The lowest BCUT2D eigenvalue weighted by Gasteiger charge is -2.22. The molecule has 2 heterocycles. The van der Waals surface area contributed by atoms with Crippen LogP contribution in [0.2, 0.25) is 0 Å². The average Bonchev–Trinajstić information content (AvgIpc) is 3.11. The molecule has 1 aromatic carbocycles. The maximum Gasteiger partial charge on any atom is 0.328 e. The summed E-state index contributed by atoms with van der Waals surface area (Å²) in [5.41, 5.74) is 0.957. The highest BCUT2D eigenvalue weighted by Crippen LogP contribution is 2.30. The maximum atomic E-state index is 12.7. The van der Waals surface area contributed by atoms with Gasteiger partial charge in [0.05, 0.1) is 23.2 Å². The van der Waals surface area contributed by atoms with Crippen LogP contribution in [0.4, 0.5) is 0 Å². The van der Waals surface area contributed by atoms with E-state index in [2.05, 4.69) is 10.3 Å². The number of furan rings is 1. The molecule has 0 bridgehead atoms.